The van der Waals surface area contributed by atoms with Gasteiger partial charge in [-0.1, -0.05) is 42.5 Å². The van der Waals surface area contributed by atoms with E-state index in [1.807, 2.05) is 60.8 Å². The molecular weight excluding hydrogens is 370 g/mol. The Balaban J connectivity index is 1.42. The van der Waals surface area contributed by atoms with Gasteiger partial charge in [-0.3, -0.25) is 4.79 Å². The van der Waals surface area contributed by atoms with Crippen LogP contribution in [0.15, 0.2) is 66.6 Å². The molecule has 0 unspecified atom stereocenters. The molecule has 0 bridgehead atoms. The van der Waals surface area contributed by atoms with E-state index in [-0.39, 0.29) is 5.91 Å². The second kappa shape index (κ2) is 8.14. The van der Waals surface area contributed by atoms with Gasteiger partial charge in [-0.15, -0.1) is 11.3 Å². The van der Waals surface area contributed by atoms with Crippen LogP contribution in [0.25, 0.3) is 11.3 Å². The summed E-state index contributed by atoms with van der Waals surface area (Å²) in [5.41, 5.74) is 4.77. The van der Waals surface area contributed by atoms with Gasteiger partial charge in [0.1, 0.15) is 12.7 Å². The number of anilines is 1. The molecule has 0 spiro atoms. The lowest BCUT2D eigenvalue weighted by Crippen LogP contribution is -2.16. The number of carbonyl (C=O) groups excluding carboxylic acids is 1. The Morgan fingerprint density at radius 2 is 1.96 bits per heavy atom. The summed E-state index contributed by atoms with van der Waals surface area (Å²) in [6.45, 7) is 2.55. The third-order valence-corrected chi connectivity index (χ3v) is 5.10. The molecule has 7 heteroatoms. The highest BCUT2D eigenvalue weighted by Crippen LogP contribution is 2.22. The molecule has 0 aliphatic heterocycles. The molecular formula is C21H19N5OS. The largest absolute Gasteiger partial charge is 0.325 e. The van der Waals surface area contributed by atoms with Crippen molar-refractivity contribution in [2.24, 2.45) is 0 Å². The number of benzene rings is 2. The number of aromatic nitrogens is 4. The first kappa shape index (κ1) is 18.1. The van der Waals surface area contributed by atoms with E-state index >= 15 is 0 Å². The molecule has 2 heterocycles. The summed E-state index contributed by atoms with van der Waals surface area (Å²) in [6, 6.07) is 15.7. The second-order valence-corrected chi connectivity index (χ2v) is 7.49. The minimum atomic E-state index is -0.0525. The number of nitrogens with zero attached hydrogens (tertiary/aromatic N) is 4. The quantitative estimate of drug-likeness (QED) is 0.542. The van der Waals surface area contributed by atoms with Crippen molar-refractivity contribution < 1.29 is 4.79 Å². The average Bonchev–Trinajstić information content (AvgIpc) is 3.36. The molecule has 140 valence electrons. The molecule has 0 fully saturated rings. The topological polar surface area (TPSA) is 72.7 Å². The van der Waals surface area contributed by atoms with Crippen LogP contribution in [0.3, 0.4) is 0 Å². The molecule has 0 aliphatic carbocycles. The number of thiazole rings is 1. The van der Waals surface area contributed by atoms with Crippen LogP contribution in [0.1, 0.15) is 16.1 Å². The maximum absolute atomic E-state index is 12.5. The van der Waals surface area contributed by atoms with Gasteiger partial charge in [0.2, 0.25) is 5.91 Å². The normalized spacial score (nSPS) is 10.8. The third kappa shape index (κ3) is 4.32. The van der Waals surface area contributed by atoms with E-state index in [2.05, 4.69) is 20.4 Å². The molecule has 2 aromatic heterocycles. The highest BCUT2D eigenvalue weighted by atomic mass is 32.1. The van der Waals surface area contributed by atoms with Crippen LogP contribution in [0.5, 0.6) is 0 Å². The van der Waals surface area contributed by atoms with Gasteiger partial charge in [-0.2, -0.15) is 5.10 Å². The van der Waals surface area contributed by atoms with Crippen LogP contribution < -0.4 is 5.32 Å². The van der Waals surface area contributed by atoms with Crippen LogP contribution in [0.2, 0.25) is 0 Å². The molecule has 4 aromatic rings. The Kier molecular flexibility index (Phi) is 5.25. The number of hydrogen-bond donors (Lipinski definition) is 1. The fourth-order valence-electron chi connectivity index (χ4n) is 2.94. The minimum absolute atomic E-state index is 0.0525. The molecule has 4 rings (SSSR count). The van der Waals surface area contributed by atoms with Crippen LogP contribution in [0.4, 0.5) is 5.69 Å². The number of aryl methyl sites for hydroxylation is 1. The summed E-state index contributed by atoms with van der Waals surface area (Å²) in [7, 11) is 0. The fourth-order valence-corrected chi connectivity index (χ4v) is 3.56. The second-order valence-electron chi connectivity index (χ2n) is 6.42. The highest BCUT2D eigenvalue weighted by Gasteiger charge is 2.09. The molecule has 28 heavy (non-hydrogen) atoms. The highest BCUT2D eigenvalue weighted by molar-refractivity contribution is 7.09. The van der Waals surface area contributed by atoms with E-state index < -0.39 is 0 Å². The van der Waals surface area contributed by atoms with E-state index in [1.54, 1.807) is 22.3 Å². The van der Waals surface area contributed by atoms with Gasteiger partial charge in [-0.05, 0) is 24.1 Å². The van der Waals surface area contributed by atoms with Gasteiger partial charge in [0.25, 0.3) is 0 Å². The summed E-state index contributed by atoms with van der Waals surface area (Å²) in [4.78, 5) is 21.0. The monoisotopic (exact) mass is 389 g/mol. The Hall–Kier alpha value is -3.32. The van der Waals surface area contributed by atoms with E-state index in [4.69, 9.17) is 0 Å². The lowest BCUT2D eigenvalue weighted by atomic mass is 10.1. The van der Waals surface area contributed by atoms with Crippen molar-refractivity contribution >= 4 is 22.9 Å². The Morgan fingerprint density at radius 1 is 1.14 bits per heavy atom. The molecule has 0 radical (unpaired) electrons. The maximum Gasteiger partial charge on any atom is 0.228 e. The van der Waals surface area contributed by atoms with Crippen molar-refractivity contribution in [1.82, 2.24) is 19.7 Å². The van der Waals surface area contributed by atoms with Gasteiger partial charge >= 0.3 is 0 Å². The van der Waals surface area contributed by atoms with Gasteiger partial charge < -0.3 is 5.32 Å². The van der Waals surface area contributed by atoms with Crippen LogP contribution in [-0.4, -0.2) is 25.7 Å². The average molecular weight is 389 g/mol. The van der Waals surface area contributed by atoms with Crippen molar-refractivity contribution in [3.8, 4) is 11.3 Å². The van der Waals surface area contributed by atoms with Crippen molar-refractivity contribution in [2.75, 3.05) is 5.32 Å². The zero-order valence-corrected chi connectivity index (χ0v) is 16.2. The van der Waals surface area contributed by atoms with Gasteiger partial charge in [-0.25, -0.2) is 14.6 Å². The molecule has 6 nitrogen and oxygen atoms in total. The Morgan fingerprint density at radius 3 is 2.68 bits per heavy atom. The number of amides is 1. The van der Waals surface area contributed by atoms with Crippen LogP contribution in [-0.2, 0) is 17.8 Å². The maximum atomic E-state index is 12.5. The van der Waals surface area contributed by atoms with E-state index in [0.29, 0.717) is 13.0 Å². The molecule has 0 saturated carbocycles. The predicted molar refractivity (Wildman–Crippen MR) is 110 cm³/mol. The van der Waals surface area contributed by atoms with Gasteiger partial charge in [0, 0.05) is 16.6 Å². The summed E-state index contributed by atoms with van der Waals surface area (Å²) < 4.78 is 1.73. The molecule has 0 aliphatic rings. The molecule has 1 N–H and O–H groups in total. The zero-order chi connectivity index (χ0) is 19.3. The number of nitrogens with one attached hydrogen (secondary N) is 1. The SMILES string of the molecule is Cc1nc(-c2ccc(CC(=O)Nc3ccccc3Cn3cncn3)cc2)cs1. The third-order valence-electron chi connectivity index (χ3n) is 4.32. The predicted octanol–water partition coefficient (Wildman–Crippen LogP) is 3.94. The number of rotatable bonds is 6. The fraction of sp³-hybridized carbons (Fsp3) is 0.143. The standard InChI is InChI=1S/C21H19N5OS/c1-15-24-20(12-28-15)17-8-6-16(7-9-17)10-21(27)25-19-5-3-2-4-18(19)11-26-14-22-13-23-26/h2-9,12-14H,10-11H2,1H3,(H,25,27). The first-order chi connectivity index (χ1) is 13.7. The minimum Gasteiger partial charge on any atom is -0.325 e. The Bertz CT molecular complexity index is 1070. The van der Waals surface area contributed by atoms with E-state index in [9.17, 15) is 4.79 Å². The summed E-state index contributed by atoms with van der Waals surface area (Å²) in [6.07, 6.45) is 3.47. The number of carbonyl (C=O) groups is 1. The first-order valence-electron chi connectivity index (χ1n) is 8.89. The van der Waals surface area contributed by atoms with E-state index in [0.717, 1.165) is 33.1 Å². The lowest BCUT2D eigenvalue weighted by Gasteiger charge is -2.11. The smallest absolute Gasteiger partial charge is 0.228 e. The van der Waals surface area contributed by atoms with Crippen LogP contribution >= 0.6 is 11.3 Å². The summed E-state index contributed by atoms with van der Waals surface area (Å²) in [5, 5.41) is 10.2. The molecule has 1 amide bonds. The summed E-state index contributed by atoms with van der Waals surface area (Å²) >= 11 is 1.63. The van der Waals surface area contributed by atoms with Crippen molar-refractivity contribution in [1.29, 1.82) is 0 Å². The Labute approximate surface area is 166 Å². The van der Waals surface area contributed by atoms with E-state index in [1.165, 1.54) is 6.33 Å². The number of para-hydroxylation sites is 1. The lowest BCUT2D eigenvalue weighted by molar-refractivity contribution is -0.115. The molecule has 0 atom stereocenters. The van der Waals surface area contributed by atoms with Crippen molar-refractivity contribution in [3.63, 3.8) is 0 Å². The van der Waals surface area contributed by atoms with Crippen molar-refractivity contribution in [3.05, 3.63) is 82.7 Å². The summed E-state index contributed by atoms with van der Waals surface area (Å²) in [5.74, 6) is -0.0525. The number of hydrogen-bond acceptors (Lipinski definition) is 5. The first-order valence-corrected chi connectivity index (χ1v) is 9.77. The van der Waals surface area contributed by atoms with Gasteiger partial charge in [0.05, 0.1) is 23.7 Å². The van der Waals surface area contributed by atoms with Gasteiger partial charge in [0.15, 0.2) is 0 Å². The molecule has 2 aromatic carbocycles. The molecule has 0 saturated heterocycles. The van der Waals surface area contributed by atoms with Crippen molar-refractivity contribution in [2.45, 2.75) is 19.9 Å². The van der Waals surface area contributed by atoms with Crippen LogP contribution in [0, 0.1) is 6.92 Å². The zero-order valence-electron chi connectivity index (χ0n) is 15.4.